The molecule has 2 aromatic rings. The van der Waals surface area contributed by atoms with Gasteiger partial charge in [0.1, 0.15) is 17.7 Å². The van der Waals surface area contributed by atoms with E-state index in [1.807, 2.05) is 19.1 Å². The summed E-state index contributed by atoms with van der Waals surface area (Å²) in [7, 11) is -3.83. The van der Waals surface area contributed by atoms with Gasteiger partial charge in [-0.15, -0.1) is 0 Å². The van der Waals surface area contributed by atoms with Crippen LogP contribution in [0, 0.1) is 11.6 Å². The lowest BCUT2D eigenvalue weighted by molar-refractivity contribution is -0.135. The second-order valence-electron chi connectivity index (χ2n) is 9.81. The largest absolute Gasteiger partial charge is 0.418 e. The number of ether oxygens (including phenoxy) is 1. The number of carbonyl (C=O) groups is 2. The molecule has 228 valence electrons. The molecule has 13 heteroatoms. The summed E-state index contributed by atoms with van der Waals surface area (Å²) in [5, 5.41) is 13.1. The molecular weight excluding hydrogens is 563 g/mol. The molecule has 2 aromatic carbocycles. The van der Waals surface area contributed by atoms with E-state index >= 15 is 0 Å². The molecule has 9 nitrogen and oxygen atoms in total. The SMILES string of the molecule is CCCCS(=O)(=O)C[C@H](NC(=O)OCF)C(=O)N(Cc1cccc(CC)c1)C[C@@H](O)[C@@H](N)Cc1cc(F)cc(F)c1. The Morgan fingerprint density at radius 1 is 1.07 bits per heavy atom. The van der Waals surface area contributed by atoms with Crippen LogP contribution in [0.25, 0.3) is 0 Å². The molecule has 0 aliphatic rings. The third kappa shape index (κ3) is 11.7. The first-order valence-electron chi connectivity index (χ1n) is 13.3. The van der Waals surface area contributed by atoms with Crippen LogP contribution in [0.3, 0.4) is 0 Å². The molecule has 4 N–H and O–H groups in total. The van der Waals surface area contributed by atoms with E-state index < -0.39 is 70.8 Å². The zero-order chi connectivity index (χ0) is 30.6. The summed E-state index contributed by atoms with van der Waals surface area (Å²) in [6.45, 7) is 1.76. The van der Waals surface area contributed by atoms with E-state index in [1.54, 1.807) is 19.1 Å². The van der Waals surface area contributed by atoms with E-state index in [9.17, 15) is 36.3 Å². The van der Waals surface area contributed by atoms with Crippen molar-refractivity contribution in [2.75, 3.05) is 24.9 Å². The smallest absolute Gasteiger partial charge is 0.410 e. The Morgan fingerprint density at radius 3 is 2.34 bits per heavy atom. The van der Waals surface area contributed by atoms with Gasteiger partial charge in [-0.2, -0.15) is 0 Å². The Labute approximate surface area is 238 Å². The lowest BCUT2D eigenvalue weighted by Gasteiger charge is -2.31. The Bertz CT molecular complexity index is 1240. The first-order valence-corrected chi connectivity index (χ1v) is 15.1. The number of amides is 2. The van der Waals surface area contributed by atoms with Crippen LogP contribution in [0.2, 0.25) is 0 Å². The maximum atomic E-state index is 13.7. The molecule has 0 radical (unpaired) electrons. The number of aliphatic hydroxyl groups is 1. The van der Waals surface area contributed by atoms with Crippen molar-refractivity contribution in [3.63, 3.8) is 0 Å². The van der Waals surface area contributed by atoms with Crippen molar-refractivity contribution in [1.82, 2.24) is 10.2 Å². The minimum absolute atomic E-state index is 0.0869. The van der Waals surface area contributed by atoms with Gasteiger partial charge in [-0.1, -0.05) is 44.5 Å². The summed E-state index contributed by atoms with van der Waals surface area (Å²) in [5.41, 5.74) is 7.94. The van der Waals surface area contributed by atoms with E-state index in [4.69, 9.17) is 5.73 Å². The van der Waals surface area contributed by atoms with Crippen molar-refractivity contribution < 1.29 is 41.0 Å². The van der Waals surface area contributed by atoms with Crippen LogP contribution in [0.4, 0.5) is 18.0 Å². The van der Waals surface area contributed by atoms with Crippen molar-refractivity contribution in [1.29, 1.82) is 0 Å². The molecule has 0 aliphatic heterocycles. The van der Waals surface area contributed by atoms with Crippen molar-refractivity contribution in [3.8, 4) is 0 Å². The number of carbonyl (C=O) groups excluding carboxylic acids is 2. The topological polar surface area (TPSA) is 139 Å². The Morgan fingerprint density at radius 2 is 1.73 bits per heavy atom. The molecule has 0 saturated heterocycles. The van der Waals surface area contributed by atoms with Gasteiger partial charge in [-0.05, 0) is 48.1 Å². The van der Waals surface area contributed by atoms with Crippen molar-refractivity contribution in [2.24, 2.45) is 5.73 Å². The van der Waals surface area contributed by atoms with Gasteiger partial charge in [-0.25, -0.2) is 26.4 Å². The summed E-state index contributed by atoms with van der Waals surface area (Å²) in [5.74, 6) is -3.50. The van der Waals surface area contributed by atoms with Gasteiger partial charge in [0.05, 0.1) is 17.6 Å². The lowest BCUT2D eigenvalue weighted by Crippen LogP contribution is -2.54. The number of hydrogen-bond donors (Lipinski definition) is 3. The number of alkyl carbamates (subject to hydrolysis) is 1. The molecule has 0 saturated carbocycles. The van der Waals surface area contributed by atoms with Crippen molar-refractivity contribution >= 4 is 21.8 Å². The van der Waals surface area contributed by atoms with Crippen LogP contribution >= 0.6 is 0 Å². The van der Waals surface area contributed by atoms with E-state index in [-0.39, 0.29) is 24.3 Å². The number of benzene rings is 2. The number of nitrogens with one attached hydrogen (secondary N) is 1. The average Bonchev–Trinajstić information content (AvgIpc) is 2.90. The monoisotopic (exact) mass is 601 g/mol. The second-order valence-corrected chi connectivity index (χ2v) is 12.0. The van der Waals surface area contributed by atoms with Gasteiger partial charge in [-0.3, -0.25) is 4.79 Å². The van der Waals surface area contributed by atoms with Crippen LogP contribution in [-0.4, -0.2) is 73.5 Å². The highest BCUT2D eigenvalue weighted by atomic mass is 32.2. The van der Waals surface area contributed by atoms with Gasteiger partial charge in [0.2, 0.25) is 12.8 Å². The molecule has 0 heterocycles. The highest BCUT2D eigenvalue weighted by Gasteiger charge is 2.33. The number of aryl methyl sites for hydroxylation is 1. The minimum atomic E-state index is -3.83. The lowest BCUT2D eigenvalue weighted by atomic mass is 10.0. The maximum absolute atomic E-state index is 13.7. The van der Waals surface area contributed by atoms with Crippen molar-refractivity contribution in [2.45, 2.75) is 64.3 Å². The standard InChI is InChI=1S/C28H38F3N3O6S/c1-3-5-9-41(38,39)17-25(33-28(37)40-18-29)27(36)34(15-20-8-6-7-19(4-2)10-20)16-26(35)24(32)13-21-11-22(30)14-23(31)12-21/h6-8,10-12,14,24-26,35H,3-5,9,13,15-18,32H2,1-2H3,(H,33,37)/t24-,25-,26+/m0/s1. The molecule has 0 bridgehead atoms. The van der Waals surface area contributed by atoms with Gasteiger partial charge < -0.3 is 25.8 Å². The Hall–Kier alpha value is -3.16. The molecule has 0 aromatic heterocycles. The predicted octanol–water partition coefficient (Wildman–Crippen LogP) is 3.02. The van der Waals surface area contributed by atoms with E-state index in [0.717, 1.165) is 22.6 Å². The fourth-order valence-corrected chi connectivity index (χ4v) is 5.86. The molecule has 0 unspecified atom stereocenters. The molecule has 2 rings (SSSR count). The highest BCUT2D eigenvalue weighted by Crippen LogP contribution is 2.15. The fraction of sp³-hybridized carbons (Fsp3) is 0.500. The number of aliphatic hydroxyl groups excluding tert-OH is 1. The maximum Gasteiger partial charge on any atom is 0.410 e. The number of nitrogens with two attached hydrogens (primary N) is 1. The van der Waals surface area contributed by atoms with Gasteiger partial charge in [0.15, 0.2) is 9.84 Å². The summed E-state index contributed by atoms with van der Waals surface area (Å²) in [6.07, 6.45) is -1.24. The number of nitrogens with zero attached hydrogens (tertiary/aromatic N) is 1. The third-order valence-corrected chi connectivity index (χ3v) is 8.14. The molecule has 3 atom stereocenters. The first-order chi connectivity index (χ1) is 19.4. The van der Waals surface area contributed by atoms with E-state index in [0.29, 0.717) is 30.9 Å². The Kier molecular flexibility index (Phi) is 13.6. The number of rotatable bonds is 16. The summed E-state index contributed by atoms with van der Waals surface area (Å²) >= 11 is 0. The molecular formula is C28H38F3N3O6S. The van der Waals surface area contributed by atoms with Crippen LogP contribution in [0.5, 0.6) is 0 Å². The first kappa shape index (κ1) is 34.0. The van der Waals surface area contributed by atoms with Gasteiger partial charge in [0, 0.05) is 25.2 Å². The predicted molar refractivity (Wildman–Crippen MR) is 148 cm³/mol. The number of unbranched alkanes of at least 4 members (excludes halogenated alkanes) is 1. The molecule has 0 fully saturated rings. The normalized spacial score (nSPS) is 13.7. The van der Waals surface area contributed by atoms with Crippen molar-refractivity contribution in [3.05, 3.63) is 70.8 Å². The molecule has 2 amide bonds. The van der Waals surface area contributed by atoms with Crippen LogP contribution in [-0.2, 0) is 38.8 Å². The second kappa shape index (κ2) is 16.3. The number of halogens is 3. The highest BCUT2D eigenvalue weighted by molar-refractivity contribution is 7.91. The van der Waals surface area contributed by atoms with Gasteiger partial charge in [0.25, 0.3) is 0 Å². The number of alkyl halides is 1. The quantitative estimate of drug-likeness (QED) is 0.269. The molecule has 0 spiro atoms. The average molecular weight is 602 g/mol. The molecule has 41 heavy (non-hydrogen) atoms. The minimum Gasteiger partial charge on any atom is -0.418 e. The molecule has 0 aliphatic carbocycles. The summed E-state index contributed by atoms with van der Waals surface area (Å²) in [4.78, 5) is 26.9. The van der Waals surface area contributed by atoms with Crippen LogP contribution in [0.15, 0.2) is 42.5 Å². The fourth-order valence-electron chi connectivity index (χ4n) is 4.23. The van der Waals surface area contributed by atoms with E-state index in [2.05, 4.69) is 10.1 Å². The van der Waals surface area contributed by atoms with E-state index in [1.165, 1.54) is 0 Å². The Balaban J connectivity index is 2.37. The zero-order valence-electron chi connectivity index (χ0n) is 23.2. The summed E-state index contributed by atoms with van der Waals surface area (Å²) in [6, 6.07) is 7.37. The van der Waals surface area contributed by atoms with Gasteiger partial charge >= 0.3 is 6.09 Å². The third-order valence-electron chi connectivity index (χ3n) is 6.39. The number of hydrogen-bond acceptors (Lipinski definition) is 7. The summed E-state index contributed by atoms with van der Waals surface area (Å²) < 4.78 is 69.6. The zero-order valence-corrected chi connectivity index (χ0v) is 24.0. The van der Waals surface area contributed by atoms with Crippen LogP contribution in [0.1, 0.15) is 43.4 Å². The number of sulfone groups is 1. The van der Waals surface area contributed by atoms with Crippen LogP contribution < -0.4 is 11.1 Å².